The fourth-order valence-electron chi connectivity index (χ4n) is 3.64. The summed E-state index contributed by atoms with van der Waals surface area (Å²) in [4.78, 5) is 41.2. The fraction of sp³-hybridized carbons (Fsp3) is 0.381. The zero-order chi connectivity index (χ0) is 21.1. The van der Waals surface area contributed by atoms with Gasteiger partial charge in [0.15, 0.2) is 0 Å². The molecule has 1 saturated carbocycles. The Labute approximate surface area is 176 Å². The quantitative estimate of drug-likeness (QED) is 0.626. The maximum atomic E-state index is 12.5. The van der Waals surface area contributed by atoms with Crippen LogP contribution in [0.15, 0.2) is 35.1 Å². The van der Waals surface area contributed by atoms with E-state index in [0.29, 0.717) is 22.3 Å². The number of hydrogen-bond donors (Lipinski definition) is 1. The van der Waals surface area contributed by atoms with Gasteiger partial charge in [0.2, 0.25) is 10.9 Å². The zero-order valence-corrected chi connectivity index (χ0v) is 17.4. The summed E-state index contributed by atoms with van der Waals surface area (Å²) < 4.78 is 6.67. The monoisotopic (exact) mass is 426 g/mol. The maximum absolute atomic E-state index is 12.5. The molecule has 0 spiro atoms. The number of rotatable bonds is 5. The third-order valence-electron chi connectivity index (χ3n) is 5.08. The highest BCUT2D eigenvalue weighted by atomic mass is 32.1. The van der Waals surface area contributed by atoms with Crippen LogP contribution in [0.2, 0.25) is 0 Å². The van der Waals surface area contributed by atoms with E-state index in [0.717, 1.165) is 17.8 Å². The van der Waals surface area contributed by atoms with Gasteiger partial charge in [-0.15, -0.1) is 0 Å². The minimum atomic E-state index is -0.603. The van der Waals surface area contributed by atoms with Crippen molar-refractivity contribution >= 4 is 33.9 Å². The molecule has 1 aliphatic carbocycles. The predicted molar refractivity (Wildman–Crippen MR) is 113 cm³/mol. The number of fused-ring (bicyclic) bond motifs is 1. The van der Waals surface area contributed by atoms with E-state index in [1.54, 1.807) is 24.3 Å². The van der Waals surface area contributed by atoms with Crippen molar-refractivity contribution in [3.63, 3.8) is 0 Å². The number of esters is 1. The van der Waals surface area contributed by atoms with Gasteiger partial charge in [0.25, 0.3) is 5.56 Å². The molecule has 0 aliphatic heterocycles. The fourth-order valence-corrected chi connectivity index (χ4v) is 4.73. The second-order valence-electron chi connectivity index (χ2n) is 7.36. The van der Waals surface area contributed by atoms with Crippen molar-refractivity contribution in [2.45, 2.75) is 51.6 Å². The smallest absolute Gasteiger partial charge is 0.340 e. The van der Waals surface area contributed by atoms with E-state index < -0.39 is 5.97 Å². The van der Waals surface area contributed by atoms with E-state index in [-0.39, 0.29) is 23.6 Å². The Morgan fingerprint density at radius 1 is 1.23 bits per heavy atom. The number of benzene rings is 1. The van der Waals surface area contributed by atoms with Crippen molar-refractivity contribution in [3.8, 4) is 0 Å². The number of nitrogens with one attached hydrogen (secondary N) is 1. The first-order chi connectivity index (χ1) is 14.5. The summed E-state index contributed by atoms with van der Waals surface area (Å²) in [5, 5.41) is 8.02. The zero-order valence-electron chi connectivity index (χ0n) is 16.6. The van der Waals surface area contributed by atoms with Gasteiger partial charge in [-0.25, -0.2) is 9.78 Å². The molecule has 1 aliphatic rings. The molecule has 0 atom stereocenters. The van der Waals surface area contributed by atoms with Crippen molar-refractivity contribution < 1.29 is 14.3 Å². The van der Waals surface area contributed by atoms with Crippen LogP contribution >= 0.6 is 11.3 Å². The molecule has 30 heavy (non-hydrogen) atoms. The molecule has 1 N–H and O–H groups in total. The number of amides is 1. The van der Waals surface area contributed by atoms with Crippen LogP contribution in [-0.4, -0.2) is 26.5 Å². The molecule has 4 rings (SSSR count). The highest BCUT2D eigenvalue weighted by molar-refractivity contribution is 7.16. The van der Waals surface area contributed by atoms with Gasteiger partial charge in [0.1, 0.15) is 11.6 Å². The number of anilines is 1. The van der Waals surface area contributed by atoms with E-state index in [4.69, 9.17) is 4.74 Å². The van der Waals surface area contributed by atoms with Gasteiger partial charge >= 0.3 is 5.97 Å². The molecule has 9 heteroatoms. The Morgan fingerprint density at radius 3 is 2.77 bits per heavy atom. The number of carbonyl (C=O) groups excluding carboxylic acids is 2. The molecule has 0 bridgehead atoms. The van der Waals surface area contributed by atoms with Gasteiger partial charge in [-0.3, -0.25) is 9.59 Å². The molecule has 1 amide bonds. The third kappa shape index (κ3) is 4.40. The van der Waals surface area contributed by atoms with Crippen molar-refractivity contribution in [1.29, 1.82) is 0 Å². The average Bonchev–Trinajstić information content (AvgIpc) is 3.17. The highest BCUT2D eigenvalue weighted by Gasteiger charge is 2.21. The number of carbonyl (C=O) groups is 2. The minimum absolute atomic E-state index is 0.143. The van der Waals surface area contributed by atoms with Crippen LogP contribution in [0.4, 0.5) is 5.69 Å². The molecule has 0 unspecified atom stereocenters. The molecule has 0 radical (unpaired) electrons. The number of para-hydroxylation sites is 1. The largest absolute Gasteiger partial charge is 0.456 e. The van der Waals surface area contributed by atoms with Crippen LogP contribution in [0.25, 0.3) is 4.96 Å². The second-order valence-corrected chi connectivity index (χ2v) is 8.35. The van der Waals surface area contributed by atoms with Gasteiger partial charge in [0.05, 0.1) is 16.9 Å². The van der Waals surface area contributed by atoms with Crippen LogP contribution in [0, 0.1) is 0 Å². The van der Waals surface area contributed by atoms with Crippen LogP contribution in [0.5, 0.6) is 0 Å². The first-order valence-electron chi connectivity index (χ1n) is 9.94. The van der Waals surface area contributed by atoms with Crippen molar-refractivity contribution in [3.05, 3.63) is 57.0 Å². The van der Waals surface area contributed by atoms with Crippen LogP contribution in [0.3, 0.4) is 0 Å². The summed E-state index contributed by atoms with van der Waals surface area (Å²) in [6, 6.07) is 7.93. The SMILES string of the molecule is CC(=O)Nc1ccccc1C(=O)OCc1cc(=O)n2nc(C3CCCCC3)sc2n1. The lowest BCUT2D eigenvalue weighted by molar-refractivity contribution is -0.114. The lowest BCUT2D eigenvalue weighted by Crippen LogP contribution is -2.17. The predicted octanol–water partition coefficient (Wildman–Crippen LogP) is 3.51. The van der Waals surface area contributed by atoms with E-state index >= 15 is 0 Å². The van der Waals surface area contributed by atoms with E-state index in [1.807, 2.05) is 0 Å². The molecule has 3 aromatic rings. The van der Waals surface area contributed by atoms with E-state index in [2.05, 4.69) is 15.4 Å². The first-order valence-corrected chi connectivity index (χ1v) is 10.8. The van der Waals surface area contributed by atoms with Crippen LogP contribution < -0.4 is 10.9 Å². The number of ether oxygens (including phenoxy) is 1. The number of nitrogens with zero attached hydrogens (tertiary/aromatic N) is 3. The lowest BCUT2D eigenvalue weighted by Gasteiger charge is -2.18. The Kier molecular flexibility index (Phi) is 5.89. The van der Waals surface area contributed by atoms with Gasteiger partial charge in [-0.05, 0) is 25.0 Å². The van der Waals surface area contributed by atoms with Gasteiger partial charge in [-0.1, -0.05) is 42.7 Å². The molecule has 0 saturated heterocycles. The maximum Gasteiger partial charge on any atom is 0.340 e. The van der Waals surface area contributed by atoms with Crippen LogP contribution in [0.1, 0.15) is 66.0 Å². The van der Waals surface area contributed by atoms with Crippen LogP contribution in [-0.2, 0) is 16.1 Å². The standard InChI is InChI=1S/C21H22N4O4S/c1-13(26)22-17-10-6-5-9-16(17)20(28)29-12-15-11-18(27)25-21(23-15)30-19(24-25)14-7-3-2-4-8-14/h5-6,9-11,14H,2-4,7-8,12H2,1H3,(H,22,26). The molecule has 2 heterocycles. The molecular formula is C21H22N4O4S. The highest BCUT2D eigenvalue weighted by Crippen LogP contribution is 2.34. The molecule has 1 aromatic carbocycles. The van der Waals surface area contributed by atoms with Crippen molar-refractivity contribution in [2.24, 2.45) is 0 Å². The summed E-state index contributed by atoms with van der Waals surface area (Å²) in [5.41, 5.74) is 0.688. The number of aromatic nitrogens is 3. The van der Waals surface area contributed by atoms with E-state index in [9.17, 15) is 14.4 Å². The van der Waals surface area contributed by atoms with Gasteiger partial charge < -0.3 is 10.1 Å². The summed E-state index contributed by atoms with van der Waals surface area (Å²) in [5.74, 6) is -0.501. The summed E-state index contributed by atoms with van der Waals surface area (Å²) in [6.45, 7) is 1.22. The molecule has 8 nitrogen and oxygen atoms in total. The van der Waals surface area contributed by atoms with E-state index in [1.165, 1.54) is 48.1 Å². The third-order valence-corrected chi connectivity index (χ3v) is 6.15. The Morgan fingerprint density at radius 2 is 2.00 bits per heavy atom. The normalized spacial score (nSPS) is 14.6. The van der Waals surface area contributed by atoms with Gasteiger partial charge in [0, 0.05) is 18.9 Å². The van der Waals surface area contributed by atoms with Crippen molar-refractivity contribution in [2.75, 3.05) is 5.32 Å². The van der Waals surface area contributed by atoms with Crippen molar-refractivity contribution in [1.82, 2.24) is 14.6 Å². The molecular weight excluding hydrogens is 404 g/mol. The molecule has 156 valence electrons. The molecule has 1 fully saturated rings. The first kappa shape index (κ1) is 20.2. The molecule has 2 aromatic heterocycles. The summed E-state index contributed by atoms with van der Waals surface area (Å²) >= 11 is 1.42. The topological polar surface area (TPSA) is 103 Å². The summed E-state index contributed by atoms with van der Waals surface area (Å²) in [7, 11) is 0. The Balaban J connectivity index is 1.51. The second kappa shape index (κ2) is 8.74. The summed E-state index contributed by atoms with van der Waals surface area (Å²) in [6.07, 6.45) is 5.80. The Hall–Kier alpha value is -3.07. The average molecular weight is 426 g/mol. The Bertz CT molecular complexity index is 1150. The van der Waals surface area contributed by atoms with Gasteiger partial charge in [-0.2, -0.15) is 9.61 Å². The number of hydrogen-bond acceptors (Lipinski definition) is 7. The minimum Gasteiger partial charge on any atom is -0.456 e. The lowest BCUT2D eigenvalue weighted by atomic mass is 9.90.